The van der Waals surface area contributed by atoms with Crippen LogP contribution in [0.2, 0.25) is 5.02 Å². The summed E-state index contributed by atoms with van der Waals surface area (Å²) in [5, 5.41) is 5.79. The minimum Gasteiger partial charge on any atom is -0.343 e. The van der Waals surface area contributed by atoms with Crippen molar-refractivity contribution in [1.29, 1.82) is 0 Å². The fraction of sp³-hybridized carbons (Fsp3) is 0.0952. The highest BCUT2D eigenvalue weighted by Gasteiger charge is 2.19. The Labute approximate surface area is 174 Å². The molecule has 0 bridgehead atoms. The first-order chi connectivity index (χ1) is 14.0. The van der Waals surface area contributed by atoms with Crippen molar-refractivity contribution in [2.24, 2.45) is 0 Å². The summed E-state index contributed by atoms with van der Waals surface area (Å²) >= 11 is 7.48. The smallest absolute Gasteiger partial charge is 0.329 e. The molecule has 0 unspecified atom stereocenters. The monoisotopic (exact) mass is 425 g/mol. The molecule has 29 heavy (non-hydrogen) atoms. The molecule has 0 aliphatic rings. The maximum absolute atomic E-state index is 12.8. The van der Waals surface area contributed by atoms with E-state index in [1.54, 1.807) is 36.4 Å². The second-order valence-corrected chi connectivity index (χ2v) is 7.85. The summed E-state index contributed by atoms with van der Waals surface area (Å²) in [5.74, 6) is -0.443. The Balaban J connectivity index is 1.64. The Bertz CT molecular complexity index is 1280. The lowest BCUT2D eigenvalue weighted by molar-refractivity contribution is -0.122. The van der Waals surface area contributed by atoms with Gasteiger partial charge in [-0.25, -0.2) is 4.79 Å². The molecule has 2 aromatic heterocycles. The first-order valence-electron chi connectivity index (χ1n) is 8.83. The molecule has 0 aliphatic heterocycles. The van der Waals surface area contributed by atoms with E-state index in [0.29, 0.717) is 15.9 Å². The predicted octanol–water partition coefficient (Wildman–Crippen LogP) is 3.31. The van der Waals surface area contributed by atoms with Gasteiger partial charge in [0.2, 0.25) is 5.91 Å². The summed E-state index contributed by atoms with van der Waals surface area (Å²) in [6, 6.07) is 17.3. The number of nitrogens with zero attached hydrogens (tertiary/aromatic N) is 1. The zero-order valence-electron chi connectivity index (χ0n) is 15.1. The molecule has 6 nitrogen and oxygen atoms in total. The summed E-state index contributed by atoms with van der Waals surface area (Å²) in [4.78, 5) is 41.3. The molecule has 2 heterocycles. The van der Waals surface area contributed by atoms with Crippen LogP contribution in [0.25, 0.3) is 10.9 Å². The number of thiophene rings is 1. The summed E-state index contributed by atoms with van der Waals surface area (Å²) in [6.07, 6.45) is 0. The van der Waals surface area contributed by atoms with Crippen LogP contribution in [0.3, 0.4) is 0 Å². The molecule has 0 fully saturated rings. The number of carbonyl (C=O) groups excluding carboxylic acids is 1. The average molecular weight is 426 g/mol. The highest BCUT2D eigenvalue weighted by atomic mass is 35.5. The lowest BCUT2D eigenvalue weighted by atomic mass is 10.1. The van der Waals surface area contributed by atoms with Gasteiger partial charge in [-0.2, -0.15) is 0 Å². The van der Waals surface area contributed by atoms with Gasteiger partial charge in [0, 0.05) is 9.90 Å². The number of H-pyrrole nitrogens is 1. The van der Waals surface area contributed by atoms with Crippen molar-refractivity contribution in [1.82, 2.24) is 14.9 Å². The third-order valence-electron chi connectivity index (χ3n) is 4.53. The number of para-hydroxylation sites is 1. The van der Waals surface area contributed by atoms with Gasteiger partial charge in [0.25, 0.3) is 5.56 Å². The van der Waals surface area contributed by atoms with Crippen LogP contribution in [0.15, 0.2) is 75.6 Å². The average Bonchev–Trinajstić information content (AvgIpc) is 3.25. The summed E-state index contributed by atoms with van der Waals surface area (Å²) in [6.45, 7) is -0.380. The number of halogens is 1. The molecule has 2 N–H and O–H groups in total. The second kappa shape index (κ2) is 8.06. The standard InChI is InChI=1S/C21H16ClN3O3S/c22-14-9-7-13(8-10-14)19(17-6-3-11-29-17)24-18(26)12-25-20(27)15-4-1-2-5-16(15)23-21(25)28/h1-11,19H,12H2,(H,23,28)(H,24,26)/t19-/m0/s1. The highest BCUT2D eigenvalue weighted by molar-refractivity contribution is 7.10. The quantitative estimate of drug-likeness (QED) is 0.514. The van der Waals surface area contributed by atoms with Gasteiger partial charge >= 0.3 is 5.69 Å². The van der Waals surface area contributed by atoms with E-state index in [4.69, 9.17) is 11.6 Å². The van der Waals surface area contributed by atoms with E-state index in [0.717, 1.165) is 15.0 Å². The highest BCUT2D eigenvalue weighted by Crippen LogP contribution is 2.27. The van der Waals surface area contributed by atoms with Crippen molar-refractivity contribution >= 4 is 39.7 Å². The molecule has 1 atom stereocenters. The normalized spacial score (nSPS) is 12.0. The zero-order chi connectivity index (χ0) is 20.4. The molecule has 0 spiro atoms. The molecule has 0 saturated heterocycles. The van der Waals surface area contributed by atoms with E-state index >= 15 is 0 Å². The second-order valence-electron chi connectivity index (χ2n) is 6.43. The van der Waals surface area contributed by atoms with Gasteiger partial charge in [0.05, 0.1) is 16.9 Å². The van der Waals surface area contributed by atoms with Crippen LogP contribution >= 0.6 is 22.9 Å². The topological polar surface area (TPSA) is 84.0 Å². The number of rotatable bonds is 5. The fourth-order valence-electron chi connectivity index (χ4n) is 3.12. The van der Waals surface area contributed by atoms with Crippen molar-refractivity contribution < 1.29 is 4.79 Å². The van der Waals surface area contributed by atoms with Crippen molar-refractivity contribution in [2.75, 3.05) is 0 Å². The van der Waals surface area contributed by atoms with Crippen molar-refractivity contribution in [3.63, 3.8) is 0 Å². The van der Waals surface area contributed by atoms with E-state index in [-0.39, 0.29) is 6.54 Å². The van der Waals surface area contributed by atoms with Crippen molar-refractivity contribution in [2.45, 2.75) is 12.6 Å². The number of hydrogen-bond donors (Lipinski definition) is 2. The minimum absolute atomic E-state index is 0.354. The maximum Gasteiger partial charge on any atom is 0.329 e. The van der Waals surface area contributed by atoms with E-state index in [1.165, 1.54) is 11.3 Å². The zero-order valence-corrected chi connectivity index (χ0v) is 16.7. The maximum atomic E-state index is 12.8. The molecule has 8 heteroatoms. The Kier molecular flexibility index (Phi) is 5.33. The largest absolute Gasteiger partial charge is 0.343 e. The Morgan fingerprint density at radius 1 is 1.07 bits per heavy atom. The van der Waals surface area contributed by atoms with Crippen LogP contribution in [-0.4, -0.2) is 15.5 Å². The fourth-order valence-corrected chi connectivity index (χ4v) is 4.05. The molecular formula is C21H16ClN3O3S. The first-order valence-corrected chi connectivity index (χ1v) is 10.1. The summed E-state index contributed by atoms with van der Waals surface area (Å²) in [5.41, 5.74) is 0.170. The molecule has 0 aliphatic carbocycles. The SMILES string of the molecule is O=C(Cn1c(=O)[nH]c2ccccc2c1=O)N[C@@H](c1ccc(Cl)cc1)c1cccs1. The molecule has 1 amide bonds. The minimum atomic E-state index is -0.622. The molecule has 2 aromatic carbocycles. The van der Waals surface area contributed by atoms with Gasteiger partial charge in [0.15, 0.2) is 0 Å². The Morgan fingerprint density at radius 3 is 2.55 bits per heavy atom. The van der Waals surface area contributed by atoms with Crippen LogP contribution in [0, 0.1) is 0 Å². The lowest BCUT2D eigenvalue weighted by Crippen LogP contribution is -2.41. The van der Waals surface area contributed by atoms with E-state index in [1.807, 2.05) is 29.6 Å². The number of hydrogen-bond acceptors (Lipinski definition) is 4. The molecule has 0 radical (unpaired) electrons. The molecule has 146 valence electrons. The van der Waals surface area contributed by atoms with E-state index in [9.17, 15) is 14.4 Å². The van der Waals surface area contributed by atoms with E-state index in [2.05, 4.69) is 10.3 Å². The lowest BCUT2D eigenvalue weighted by Gasteiger charge is -2.18. The number of carbonyl (C=O) groups is 1. The number of aromatic nitrogens is 2. The van der Waals surface area contributed by atoms with E-state index < -0.39 is 23.2 Å². The van der Waals surface area contributed by atoms with Gasteiger partial charge in [-0.05, 0) is 41.3 Å². The number of amides is 1. The summed E-state index contributed by atoms with van der Waals surface area (Å²) in [7, 11) is 0. The van der Waals surface area contributed by atoms with Crippen LogP contribution in [0.5, 0.6) is 0 Å². The van der Waals surface area contributed by atoms with Crippen LogP contribution < -0.4 is 16.6 Å². The number of benzene rings is 2. The van der Waals surface area contributed by atoms with Crippen molar-refractivity contribution in [3.8, 4) is 0 Å². The third-order valence-corrected chi connectivity index (χ3v) is 5.72. The van der Waals surface area contributed by atoms with Crippen LogP contribution in [0.1, 0.15) is 16.5 Å². The van der Waals surface area contributed by atoms with Gasteiger partial charge in [0.1, 0.15) is 6.54 Å². The predicted molar refractivity (Wildman–Crippen MR) is 115 cm³/mol. The van der Waals surface area contributed by atoms with Crippen molar-refractivity contribution in [3.05, 3.63) is 102 Å². The Morgan fingerprint density at radius 2 is 1.83 bits per heavy atom. The van der Waals surface area contributed by atoms with Gasteiger partial charge in [-0.1, -0.05) is 41.9 Å². The third kappa shape index (κ3) is 4.01. The van der Waals surface area contributed by atoms with Gasteiger partial charge < -0.3 is 10.3 Å². The van der Waals surface area contributed by atoms with Gasteiger partial charge in [-0.15, -0.1) is 11.3 Å². The number of aromatic amines is 1. The van der Waals surface area contributed by atoms with Crippen LogP contribution in [-0.2, 0) is 11.3 Å². The molecule has 0 saturated carbocycles. The molecular weight excluding hydrogens is 410 g/mol. The Hall–Kier alpha value is -3.16. The number of fused-ring (bicyclic) bond motifs is 1. The summed E-state index contributed by atoms with van der Waals surface area (Å²) < 4.78 is 0.908. The van der Waals surface area contributed by atoms with Gasteiger partial charge in [-0.3, -0.25) is 14.2 Å². The first kappa shape index (κ1) is 19.2. The molecule has 4 aromatic rings. The molecule has 4 rings (SSSR count). The van der Waals surface area contributed by atoms with Crippen LogP contribution in [0.4, 0.5) is 0 Å². The number of nitrogens with one attached hydrogen (secondary N) is 2.